The van der Waals surface area contributed by atoms with Gasteiger partial charge in [0.05, 0.1) is 61.0 Å². The van der Waals surface area contributed by atoms with Gasteiger partial charge in [-0.1, -0.05) is 73.7 Å². The van der Waals surface area contributed by atoms with Crippen molar-refractivity contribution in [3.8, 4) is 22.5 Å². The van der Waals surface area contributed by atoms with Crippen LogP contribution in [0.2, 0.25) is 0 Å². The molecule has 12 aromatic rings. The van der Waals surface area contributed by atoms with Gasteiger partial charge in [0.1, 0.15) is 0 Å². The molecule has 0 saturated heterocycles. The van der Waals surface area contributed by atoms with E-state index in [4.69, 9.17) is 19.4 Å². The zero-order chi connectivity index (χ0) is 38.8. The molecule has 1 aliphatic rings. The summed E-state index contributed by atoms with van der Waals surface area (Å²) >= 11 is 0. The minimum atomic E-state index is 0.266. The van der Waals surface area contributed by atoms with Crippen LogP contribution in [0.15, 0.2) is 175 Å². The summed E-state index contributed by atoms with van der Waals surface area (Å²) in [6, 6.07) is 51.7. The molecule has 7 aromatic heterocycles. The maximum atomic E-state index is 7.33. The highest BCUT2D eigenvalue weighted by atomic mass is 16.3. The van der Waals surface area contributed by atoms with Gasteiger partial charge in [-0.2, -0.15) is 0 Å². The molecule has 0 saturated carbocycles. The van der Waals surface area contributed by atoms with Crippen molar-refractivity contribution in [2.24, 2.45) is 5.92 Å². The molecule has 0 spiro atoms. The number of para-hydroxylation sites is 3. The second-order valence-corrected chi connectivity index (χ2v) is 15.7. The maximum absolute atomic E-state index is 7.33. The highest BCUT2D eigenvalue weighted by Gasteiger charge is 2.30. The van der Waals surface area contributed by atoms with Gasteiger partial charge >= 0.3 is 0 Å². The maximum Gasteiger partial charge on any atom is 0.159 e. The minimum absolute atomic E-state index is 0.266. The molecule has 59 heavy (non-hydrogen) atoms. The standard InChI is InChI=1S/C52H34N6O/c1-31-26-37-38-29-33(32-21-22-42-39(28-32)50-43(18-9-25-55-50)56(42)34-12-3-2-4-13-34)30-47(58-41-17-8-6-15-36(41)49-45(58)20-11-24-54-49)52(38)59-51(37)46(27-31)57-40-16-7-5-14-35(40)48-44(57)19-10-23-53-48/h2-25,27-31H,26H2,1H3. The molecule has 7 heteroatoms. The quantitative estimate of drug-likeness (QED) is 0.179. The summed E-state index contributed by atoms with van der Waals surface area (Å²) in [6.45, 7) is 2.31. The molecule has 0 amide bonds. The van der Waals surface area contributed by atoms with E-state index >= 15 is 0 Å². The summed E-state index contributed by atoms with van der Waals surface area (Å²) < 4.78 is 14.3. The smallest absolute Gasteiger partial charge is 0.159 e. The third-order valence-electron chi connectivity index (χ3n) is 12.3. The minimum Gasteiger partial charge on any atom is -0.452 e. The predicted molar refractivity (Wildman–Crippen MR) is 239 cm³/mol. The van der Waals surface area contributed by atoms with Gasteiger partial charge in [-0.25, -0.2) is 0 Å². The Morgan fingerprint density at radius 1 is 0.492 bits per heavy atom. The van der Waals surface area contributed by atoms with Crippen LogP contribution in [0, 0.1) is 5.92 Å². The van der Waals surface area contributed by atoms with E-state index in [0.29, 0.717) is 0 Å². The summed E-state index contributed by atoms with van der Waals surface area (Å²) in [6.07, 6.45) is 8.88. The van der Waals surface area contributed by atoms with Crippen molar-refractivity contribution in [3.63, 3.8) is 0 Å². The Morgan fingerprint density at radius 2 is 1.05 bits per heavy atom. The van der Waals surface area contributed by atoms with Crippen molar-refractivity contribution in [1.82, 2.24) is 28.7 Å². The van der Waals surface area contributed by atoms with Gasteiger partial charge < -0.3 is 18.1 Å². The van der Waals surface area contributed by atoms with E-state index in [9.17, 15) is 0 Å². The monoisotopic (exact) mass is 758 g/mol. The Labute approximate surface area is 337 Å². The largest absolute Gasteiger partial charge is 0.452 e. The zero-order valence-corrected chi connectivity index (χ0v) is 32.0. The van der Waals surface area contributed by atoms with Crippen LogP contribution in [-0.2, 0) is 6.42 Å². The summed E-state index contributed by atoms with van der Waals surface area (Å²) in [5, 5.41) is 4.45. The van der Waals surface area contributed by atoms with Crippen LogP contribution in [-0.4, -0.2) is 28.7 Å². The molecule has 0 bridgehead atoms. The Morgan fingerprint density at radius 3 is 1.76 bits per heavy atom. The molecule has 1 aliphatic carbocycles. The number of nitrogens with zero attached hydrogens (tertiary/aromatic N) is 6. The van der Waals surface area contributed by atoms with Crippen molar-refractivity contribution in [2.75, 3.05) is 0 Å². The van der Waals surface area contributed by atoms with Crippen LogP contribution in [0.1, 0.15) is 18.2 Å². The predicted octanol–water partition coefficient (Wildman–Crippen LogP) is 12.7. The first kappa shape index (κ1) is 32.3. The summed E-state index contributed by atoms with van der Waals surface area (Å²) in [7, 11) is 0. The van der Waals surface area contributed by atoms with Gasteiger partial charge in [0.15, 0.2) is 11.3 Å². The van der Waals surface area contributed by atoms with E-state index in [1.54, 1.807) is 0 Å². The number of benzene rings is 5. The molecule has 7 heterocycles. The van der Waals surface area contributed by atoms with Crippen LogP contribution in [0.5, 0.6) is 0 Å². The van der Waals surface area contributed by atoms with Crippen molar-refractivity contribution in [1.29, 1.82) is 0 Å². The molecule has 1 atom stereocenters. The summed E-state index contributed by atoms with van der Waals surface area (Å²) in [4.78, 5) is 14.7. The highest BCUT2D eigenvalue weighted by Crippen LogP contribution is 2.46. The van der Waals surface area contributed by atoms with E-state index in [2.05, 4.69) is 154 Å². The molecule has 278 valence electrons. The fraction of sp³-hybridized carbons (Fsp3) is 0.0577. The third-order valence-corrected chi connectivity index (χ3v) is 12.3. The Kier molecular flexibility index (Phi) is 6.64. The zero-order valence-electron chi connectivity index (χ0n) is 32.0. The van der Waals surface area contributed by atoms with Gasteiger partial charge in [-0.05, 0) is 108 Å². The fourth-order valence-corrected chi connectivity index (χ4v) is 9.83. The number of fused-ring (bicyclic) bond motifs is 12. The van der Waals surface area contributed by atoms with Crippen molar-refractivity contribution >= 4 is 82.5 Å². The molecular formula is C52H34N6O. The van der Waals surface area contributed by atoms with E-state index in [0.717, 1.165) is 117 Å². The lowest BCUT2D eigenvalue weighted by Crippen LogP contribution is -2.10. The van der Waals surface area contributed by atoms with E-state index in [-0.39, 0.29) is 5.92 Å². The lowest BCUT2D eigenvalue weighted by molar-refractivity contribution is 0.571. The molecule has 0 aliphatic heterocycles. The molecular weight excluding hydrogens is 725 g/mol. The van der Waals surface area contributed by atoms with Gasteiger partial charge in [0.2, 0.25) is 0 Å². The number of aromatic nitrogens is 6. The molecule has 13 rings (SSSR count). The third kappa shape index (κ3) is 4.55. The van der Waals surface area contributed by atoms with Crippen LogP contribution < -0.4 is 0 Å². The molecule has 7 nitrogen and oxygen atoms in total. The second kappa shape index (κ2) is 12.1. The SMILES string of the molecule is CC1C=C(n2c3ccccc3c3ncccc32)c2oc3c(-n4c5ccccc5c5ncccc54)cc(-c4ccc5c(c4)c4ncccc4n5-c4ccccc4)cc3c2C1. The van der Waals surface area contributed by atoms with Crippen molar-refractivity contribution in [2.45, 2.75) is 13.3 Å². The lowest BCUT2D eigenvalue weighted by Gasteiger charge is -2.20. The van der Waals surface area contributed by atoms with Crippen molar-refractivity contribution in [3.05, 3.63) is 182 Å². The molecule has 1 unspecified atom stereocenters. The van der Waals surface area contributed by atoms with E-state index in [1.165, 1.54) is 5.56 Å². The van der Waals surface area contributed by atoms with Crippen LogP contribution in [0.4, 0.5) is 0 Å². The average Bonchev–Trinajstić information content (AvgIpc) is 4.03. The molecule has 0 fully saturated rings. The summed E-state index contributed by atoms with van der Waals surface area (Å²) in [5.74, 6) is 1.16. The van der Waals surface area contributed by atoms with Crippen LogP contribution in [0.3, 0.4) is 0 Å². The normalized spacial score (nSPS) is 14.4. The fourth-order valence-electron chi connectivity index (χ4n) is 9.83. The lowest BCUT2D eigenvalue weighted by atomic mass is 9.90. The highest BCUT2D eigenvalue weighted by molar-refractivity contribution is 6.12. The van der Waals surface area contributed by atoms with E-state index in [1.807, 2.05) is 36.8 Å². The summed E-state index contributed by atoms with van der Waals surface area (Å²) in [5.41, 5.74) is 16.8. The number of hydrogen-bond acceptors (Lipinski definition) is 4. The topological polar surface area (TPSA) is 66.6 Å². The number of pyridine rings is 3. The van der Waals surface area contributed by atoms with Gasteiger partial charge in [-0.15, -0.1) is 0 Å². The van der Waals surface area contributed by atoms with Crippen LogP contribution >= 0.6 is 0 Å². The Bertz CT molecular complexity index is 3620. The van der Waals surface area contributed by atoms with Gasteiger partial charge in [-0.3, -0.25) is 15.0 Å². The van der Waals surface area contributed by atoms with Crippen molar-refractivity contribution < 1.29 is 4.42 Å². The number of allylic oxidation sites excluding steroid dienone is 1. The number of hydrogen-bond donors (Lipinski definition) is 0. The van der Waals surface area contributed by atoms with E-state index < -0.39 is 0 Å². The first-order valence-corrected chi connectivity index (χ1v) is 20.2. The molecule has 0 N–H and O–H groups in total. The number of rotatable bonds is 4. The molecule has 5 aromatic carbocycles. The average molecular weight is 759 g/mol. The first-order chi connectivity index (χ1) is 29.2. The van der Waals surface area contributed by atoms with Gasteiger partial charge in [0, 0.05) is 51.4 Å². The molecule has 0 radical (unpaired) electrons. The van der Waals surface area contributed by atoms with Crippen LogP contribution in [0.25, 0.3) is 105 Å². The first-order valence-electron chi connectivity index (χ1n) is 20.2. The second-order valence-electron chi connectivity index (χ2n) is 15.7. The Balaban J connectivity index is 1.12. The number of furan rings is 1. The Hall–Kier alpha value is -7.77. The van der Waals surface area contributed by atoms with Gasteiger partial charge in [0.25, 0.3) is 0 Å².